The Balaban J connectivity index is 2.31. The first kappa shape index (κ1) is 9.56. The van der Waals surface area contributed by atoms with Crippen molar-refractivity contribution in [2.24, 2.45) is 11.3 Å². The number of nitrogens with one attached hydrogen (secondary N) is 1. The van der Waals surface area contributed by atoms with E-state index >= 15 is 0 Å². The highest BCUT2D eigenvalue weighted by Gasteiger charge is 2.33. The molecular formula is C10H19NO. The van der Waals surface area contributed by atoms with Gasteiger partial charge < -0.3 is 5.32 Å². The highest BCUT2D eigenvalue weighted by molar-refractivity contribution is 5.72. The number of rotatable bonds is 3. The van der Waals surface area contributed by atoms with Gasteiger partial charge in [-0.15, -0.1) is 0 Å². The molecule has 1 aliphatic rings. The van der Waals surface area contributed by atoms with Crippen molar-refractivity contribution in [2.75, 3.05) is 6.54 Å². The van der Waals surface area contributed by atoms with Gasteiger partial charge in [-0.3, -0.25) is 4.79 Å². The standard InChI is InChI=1S/C10H19NO/c1-8(12)11-7-10(2,3)9-5-4-6-9/h9H,4-7H2,1-3H3,(H,11,12). The van der Waals surface area contributed by atoms with Crippen LogP contribution in [-0.4, -0.2) is 12.5 Å². The highest BCUT2D eigenvalue weighted by Crippen LogP contribution is 2.40. The van der Waals surface area contributed by atoms with Crippen molar-refractivity contribution in [1.29, 1.82) is 0 Å². The number of amides is 1. The Hall–Kier alpha value is -0.530. The summed E-state index contributed by atoms with van der Waals surface area (Å²) < 4.78 is 0. The summed E-state index contributed by atoms with van der Waals surface area (Å²) in [6.07, 6.45) is 4.05. The molecule has 1 amide bonds. The van der Waals surface area contributed by atoms with E-state index in [4.69, 9.17) is 0 Å². The first-order valence-corrected chi connectivity index (χ1v) is 4.77. The molecule has 0 saturated heterocycles. The third-order valence-electron chi connectivity index (χ3n) is 3.00. The van der Waals surface area contributed by atoms with Gasteiger partial charge in [0.15, 0.2) is 0 Å². The lowest BCUT2D eigenvalue weighted by Gasteiger charge is -2.40. The van der Waals surface area contributed by atoms with Gasteiger partial charge in [0, 0.05) is 13.5 Å². The van der Waals surface area contributed by atoms with Crippen molar-refractivity contribution in [1.82, 2.24) is 5.32 Å². The molecule has 12 heavy (non-hydrogen) atoms. The fourth-order valence-corrected chi connectivity index (χ4v) is 1.69. The van der Waals surface area contributed by atoms with Gasteiger partial charge in [0.2, 0.25) is 5.91 Å². The lowest BCUT2D eigenvalue weighted by atomic mass is 9.67. The minimum absolute atomic E-state index is 0.0856. The average Bonchev–Trinajstić information content (AvgIpc) is 1.78. The van der Waals surface area contributed by atoms with Gasteiger partial charge in [-0.2, -0.15) is 0 Å². The van der Waals surface area contributed by atoms with E-state index < -0.39 is 0 Å². The Kier molecular flexibility index (Phi) is 2.76. The molecule has 1 N–H and O–H groups in total. The zero-order valence-corrected chi connectivity index (χ0v) is 8.31. The van der Waals surface area contributed by atoms with Gasteiger partial charge >= 0.3 is 0 Å². The van der Waals surface area contributed by atoms with Crippen LogP contribution in [0.2, 0.25) is 0 Å². The molecule has 0 aromatic rings. The number of hydrogen-bond donors (Lipinski definition) is 1. The molecule has 2 nitrogen and oxygen atoms in total. The molecule has 0 aliphatic heterocycles. The number of carbonyl (C=O) groups excluding carboxylic acids is 1. The van der Waals surface area contributed by atoms with E-state index in [1.807, 2.05) is 0 Å². The van der Waals surface area contributed by atoms with Crippen LogP contribution in [-0.2, 0) is 4.79 Å². The van der Waals surface area contributed by atoms with Crippen LogP contribution in [0.5, 0.6) is 0 Å². The Morgan fingerprint density at radius 1 is 1.50 bits per heavy atom. The van der Waals surface area contributed by atoms with E-state index in [9.17, 15) is 4.79 Å². The third kappa shape index (κ3) is 2.23. The van der Waals surface area contributed by atoms with Gasteiger partial charge in [0.25, 0.3) is 0 Å². The molecule has 0 aromatic carbocycles. The molecule has 0 bridgehead atoms. The van der Waals surface area contributed by atoms with Crippen LogP contribution in [0.3, 0.4) is 0 Å². The molecule has 0 aromatic heterocycles. The number of carbonyl (C=O) groups is 1. The second-order valence-corrected chi connectivity index (χ2v) is 4.53. The van der Waals surface area contributed by atoms with Crippen molar-refractivity contribution in [3.8, 4) is 0 Å². The molecule has 0 atom stereocenters. The summed E-state index contributed by atoms with van der Waals surface area (Å²) in [6, 6.07) is 0. The molecule has 0 heterocycles. The Labute approximate surface area is 74.7 Å². The molecule has 0 radical (unpaired) electrons. The summed E-state index contributed by atoms with van der Waals surface area (Å²) in [7, 11) is 0. The Bertz CT molecular complexity index is 171. The van der Waals surface area contributed by atoms with Gasteiger partial charge in [-0.25, -0.2) is 0 Å². The van der Waals surface area contributed by atoms with E-state index in [0.717, 1.165) is 12.5 Å². The van der Waals surface area contributed by atoms with Gasteiger partial charge in [-0.05, 0) is 24.2 Å². The predicted octanol–water partition coefficient (Wildman–Crippen LogP) is 1.95. The largest absolute Gasteiger partial charge is 0.356 e. The van der Waals surface area contributed by atoms with Gasteiger partial charge in [0.05, 0.1) is 0 Å². The molecular weight excluding hydrogens is 150 g/mol. The average molecular weight is 169 g/mol. The molecule has 70 valence electrons. The zero-order valence-electron chi connectivity index (χ0n) is 8.31. The van der Waals surface area contributed by atoms with Crippen LogP contribution in [0.1, 0.15) is 40.0 Å². The quantitative estimate of drug-likeness (QED) is 0.687. The molecule has 1 aliphatic carbocycles. The van der Waals surface area contributed by atoms with Gasteiger partial charge in [0.1, 0.15) is 0 Å². The fraction of sp³-hybridized carbons (Fsp3) is 0.900. The topological polar surface area (TPSA) is 29.1 Å². The van der Waals surface area contributed by atoms with Crippen molar-refractivity contribution in [3.63, 3.8) is 0 Å². The zero-order chi connectivity index (χ0) is 9.19. The Morgan fingerprint density at radius 2 is 2.08 bits per heavy atom. The lowest BCUT2D eigenvalue weighted by Crippen LogP contribution is -2.40. The third-order valence-corrected chi connectivity index (χ3v) is 3.00. The normalized spacial score (nSPS) is 18.6. The summed E-state index contributed by atoms with van der Waals surface area (Å²) in [5.74, 6) is 0.909. The monoisotopic (exact) mass is 169 g/mol. The fourth-order valence-electron chi connectivity index (χ4n) is 1.69. The first-order chi connectivity index (χ1) is 5.52. The van der Waals surface area contributed by atoms with Crippen molar-refractivity contribution in [2.45, 2.75) is 40.0 Å². The second kappa shape index (κ2) is 3.46. The maximum Gasteiger partial charge on any atom is 0.216 e. The Morgan fingerprint density at radius 3 is 2.42 bits per heavy atom. The molecule has 2 heteroatoms. The van der Waals surface area contributed by atoms with Crippen LogP contribution >= 0.6 is 0 Å². The minimum atomic E-state index is 0.0856. The van der Waals surface area contributed by atoms with E-state index in [-0.39, 0.29) is 5.91 Å². The first-order valence-electron chi connectivity index (χ1n) is 4.77. The number of hydrogen-bond acceptors (Lipinski definition) is 1. The second-order valence-electron chi connectivity index (χ2n) is 4.53. The maximum atomic E-state index is 10.7. The molecule has 0 spiro atoms. The van der Waals surface area contributed by atoms with Crippen LogP contribution in [0.15, 0.2) is 0 Å². The van der Waals surface area contributed by atoms with E-state index in [1.54, 1.807) is 6.92 Å². The molecule has 1 fully saturated rings. The van der Waals surface area contributed by atoms with Gasteiger partial charge in [-0.1, -0.05) is 20.3 Å². The summed E-state index contributed by atoms with van der Waals surface area (Å²) >= 11 is 0. The summed E-state index contributed by atoms with van der Waals surface area (Å²) in [6.45, 7) is 6.89. The summed E-state index contributed by atoms with van der Waals surface area (Å²) in [5, 5.41) is 2.90. The minimum Gasteiger partial charge on any atom is -0.356 e. The smallest absolute Gasteiger partial charge is 0.216 e. The van der Waals surface area contributed by atoms with Crippen molar-refractivity contribution in [3.05, 3.63) is 0 Å². The van der Waals surface area contributed by atoms with Crippen molar-refractivity contribution >= 4 is 5.91 Å². The van der Waals surface area contributed by atoms with E-state index in [2.05, 4.69) is 19.2 Å². The maximum absolute atomic E-state index is 10.7. The highest BCUT2D eigenvalue weighted by atomic mass is 16.1. The van der Waals surface area contributed by atoms with Crippen LogP contribution in [0.25, 0.3) is 0 Å². The SMILES string of the molecule is CC(=O)NCC(C)(C)C1CCC1. The van der Waals surface area contributed by atoms with Crippen LogP contribution in [0.4, 0.5) is 0 Å². The molecule has 1 rings (SSSR count). The molecule has 1 saturated carbocycles. The van der Waals surface area contributed by atoms with Crippen molar-refractivity contribution < 1.29 is 4.79 Å². The lowest BCUT2D eigenvalue weighted by molar-refractivity contribution is -0.119. The summed E-state index contributed by atoms with van der Waals surface area (Å²) in [4.78, 5) is 10.7. The van der Waals surface area contributed by atoms with E-state index in [1.165, 1.54) is 19.3 Å². The van der Waals surface area contributed by atoms with E-state index in [0.29, 0.717) is 5.41 Å². The molecule has 0 unspecified atom stereocenters. The van der Waals surface area contributed by atoms with Crippen LogP contribution in [0, 0.1) is 11.3 Å². The summed E-state index contributed by atoms with van der Waals surface area (Å²) in [5.41, 5.74) is 0.296. The predicted molar refractivity (Wildman–Crippen MR) is 49.8 cm³/mol. The van der Waals surface area contributed by atoms with Crippen LogP contribution < -0.4 is 5.32 Å².